The number of carbonyl (C=O) groups is 1. The van der Waals surface area contributed by atoms with Crippen molar-refractivity contribution in [2.24, 2.45) is 0 Å². The van der Waals surface area contributed by atoms with Gasteiger partial charge in [-0.2, -0.15) is 5.10 Å². The Morgan fingerprint density at radius 1 is 1.00 bits per heavy atom. The topological polar surface area (TPSA) is 46.9 Å². The van der Waals surface area contributed by atoms with Gasteiger partial charge in [-0.25, -0.2) is 4.39 Å². The van der Waals surface area contributed by atoms with Gasteiger partial charge in [-0.1, -0.05) is 54.1 Å². The summed E-state index contributed by atoms with van der Waals surface area (Å²) in [6.45, 7) is 0.0325. The van der Waals surface area contributed by atoms with Crippen molar-refractivity contribution < 1.29 is 9.18 Å². The Morgan fingerprint density at radius 2 is 1.75 bits per heavy atom. The molecule has 0 aliphatic carbocycles. The van der Waals surface area contributed by atoms with Crippen molar-refractivity contribution in [3.8, 4) is 0 Å². The summed E-state index contributed by atoms with van der Waals surface area (Å²) in [4.78, 5) is 12.6. The average molecular weight is 394 g/mol. The van der Waals surface area contributed by atoms with Crippen molar-refractivity contribution in [3.63, 3.8) is 0 Å². The maximum Gasteiger partial charge on any atom is 0.256 e. The first-order chi connectivity index (χ1) is 13.6. The van der Waals surface area contributed by atoms with Crippen LogP contribution in [0.15, 0.2) is 72.8 Å². The van der Waals surface area contributed by atoms with Gasteiger partial charge in [0.1, 0.15) is 6.67 Å². The van der Waals surface area contributed by atoms with E-state index in [9.17, 15) is 9.18 Å². The number of nitrogens with one attached hydrogen (secondary N) is 1. The van der Waals surface area contributed by atoms with E-state index in [0.29, 0.717) is 28.5 Å². The van der Waals surface area contributed by atoms with Gasteiger partial charge in [-0.3, -0.25) is 9.48 Å². The summed E-state index contributed by atoms with van der Waals surface area (Å²) in [6, 6.07) is 21.8. The van der Waals surface area contributed by atoms with Crippen molar-refractivity contribution in [3.05, 3.63) is 94.5 Å². The Balaban J connectivity index is 1.65. The highest BCUT2D eigenvalue weighted by Crippen LogP contribution is 2.24. The predicted octanol–water partition coefficient (Wildman–Crippen LogP) is 5.46. The molecule has 140 valence electrons. The lowest BCUT2D eigenvalue weighted by Gasteiger charge is -2.05. The molecule has 1 amide bonds. The fourth-order valence-electron chi connectivity index (χ4n) is 3.06. The number of fused-ring (bicyclic) bond motifs is 1. The number of para-hydroxylation sites is 1. The Labute approximate surface area is 166 Å². The van der Waals surface area contributed by atoms with Gasteiger partial charge in [-0.05, 0) is 41.5 Å². The number of hydrogen-bond donors (Lipinski definition) is 1. The molecule has 1 N–H and O–H groups in total. The quantitative estimate of drug-likeness (QED) is 0.489. The third-order valence-electron chi connectivity index (χ3n) is 4.49. The molecule has 0 unspecified atom stereocenters. The Morgan fingerprint density at radius 3 is 2.50 bits per heavy atom. The van der Waals surface area contributed by atoms with Gasteiger partial charge in [0, 0.05) is 16.0 Å². The first-order valence-electron chi connectivity index (χ1n) is 8.80. The predicted molar refractivity (Wildman–Crippen MR) is 109 cm³/mol. The molecule has 0 saturated heterocycles. The molecule has 28 heavy (non-hydrogen) atoms. The molecule has 1 aromatic heterocycles. The highest BCUT2D eigenvalue weighted by Gasteiger charge is 2.14. The minimum atomic E-state index is -0.481. The van der Waals surface area contributed by atoms with E-state index in [2.05, 4.69) is 10.4 Å². The number of benzene rings is 3. The second kappa shape index (κ2) is 7.82. The molecule has 0 atom stereocenters. The lowest BCUT2D eigenvalue weighted by molar-refractivity contribution is 0.102. The van der Waals surface area contributed by atoms with Gasteiger partial charge in [0.15, 0.2) is 5.82 Å². The third-order valence-corrected chi connectivity index (χ3v) is 4.72. The van der Waals surface area contributed by atoms with Crippen LogP contribution in [0.25, 0.3) is 10.9 Å². The number of aromatic nitrogens is 2. The van der Waals surface area contributed by atoms with Gasteiger partial charge in [0.05, 0.1) is 12.1 Å². The van der Waals surface area contributed by atoms with Crippen LogP contribution in [0.4, 0.5) is 10.2 Å². The zero-order valence-electron chi connectivity index (χ0n) is 14.9. The highest BCUT2D eigenvalue weighted by molar-refractivity contribution is 6.31. The fraction of sp³-hybridized carbons (Fsp3) is 0.0909. The summed E-state index contributed by atoms with van der Waals surface area (Å²) in [5.74, 6) is 0.214. The van der Waals surface area contributed by atoms with Crippen LogP contribution in [0.1, 0.15) is 21.5 Å². The molecule has 3 aromatic carbocycles. The molecule has 0 fully saturated rings. The van der Waals surface area contributed by atoms with Crippen molar-refractivity contribution in [2.75, 3.05) is 5.32 Å². The number of nitrogens with zero attached hydrogens (tertiary/aromatic N) is 2. The number of halogens is 2. The first-order valence-corrected chi connectivity index (χ1v) is 9.18. The standard InChI is InChI=1S/C22H17ClFN3O/c23-18-5-3-4-17(12-18)22(28)25-21-19-6-1-2-7-20(19)27(26-21)14-16-10-8-15(13-24)9-11-16/h1-12H,13-14H2,(H,25,26,28). The molecule has 6 heteroatoms. The van der Waals surface area contributed by atoms with Crippen LogP contribution in [0, 0.1) is 0 Å². The molecule has 1 heterocycles. The molecule has 4 aromatic rings. The highest BCUT2D eigenvalue weighted by atomic mass is 35.5. The molecule has 0 radical (unpaired) electrons. The van der Waals surface area contributed by atoms with Crippen molar-refractivity contribution in [1.29, 1.82) is 0 Å². The molecular formula is C22H17ClFN3O. The molecular weight excluding hydrogens is 377 g/mol. The van der Waals surface area contributed by atoms with Crippen molar-refractivity contribution >= 4 is 34.2 Å². The van der Waals surface area contributed by atoms with E-state index < -0.39 is 6.67 Å². The first kappa shape index (κ1) is 18.2. The van der Waals surface area contributed by atoms with E-state index in [1.165, 1.54) is 0 Å². The molecule has 0 spiro atoms. The largest absolute Gasteiger partial charge is 0.305 e. The van der Waals surface area contributed by atoms with Gasteiger partial charge in [0.25, 0.3) is 5.91 Å². The number of carbonyl (C=O) groups excluding carboxylic acids is 1. The summed E-state index contributed by atoms with van der Waals surface area (Å²) < 4.78 is 14.5. The third kappa shape index (κ3) is 3.75. The molecule has 0 aliphatic heterocycles. The monoisotopic (exact) mass is 393 g/mol. The SMILES string of the molecule is O=C(Nc1nn(Cc2ccc(CF)cc2)c2ccccc12)c1cccc(Cl)c1. The number of amides is 1. The number of anilines is 1. The van der Waals surface area contributed by atoms with Crippen LogP contribution in [0.3, 0.4) is 0 Å². The van der Waals surface area contributed by atoms with Crippen LogP contribution < -0.4 is 5.32 Å². The summed E-state index contributed by atoms with van der Waals surface area (Å²) >= 11 is 5.98. The zero-order valence-corrected chi connectivity index (χ0v) is 15.7. The zero-order chi connectivity index (χ0) is 19.5. The van der Waals surface area contributed by atoms with Crippen LogP contribution in [0.2, 0.25) is 5.02 Å². The molecule has 4 rings (SSSR count). The minimum Gasteiger partial charge on any atom is -0.305 e. The second-order valence-corrected chi connectivity index (χ2v) is 6.87. The Kier molecular flexibility index (Phi) is 5.08. The lowest BCUT2D eigenvalue weighted by Crippen LogP contribution is -2.13. The Hall–Kier alpha value is -3.18. The minimum absolute atomic E-state index is 0.273. The molecule has 0 aliphatic rings. The maximum absolute atomic E-state index is 12.7. The smallest absolute Gasteiger partial charge is 0.256 e. The van der Waals surface area contributed by atoms with Gasteiger partial charge in [-0.15, -0.1) is 0 Å². The summed E-state index contributed by atoms with van der Waals surface area (Å²) in [6.07, 6.45) is 0. The summed E-state index contributed by atoms with van der Waals surface area (Å²) in [7, 11) is 0. The normalized spacial score (nSPS) is 10.9. The summed E-state index contributed by atoms with van der Waals surface area (Å²) in [5, 5.41) is 8.81. The van der Waals surface area contributed by atoms with Gasteiger partial charge >= 0.3 is 0 Å². The van der Waals surface area contributed by atoms with Gasteiger partial charge < -0.3 is 5.32 Å². The van der Waals surface area contributed by atoms with E-state index in [4.69, 9.17) is 11.6 Å². The Bertz CT molecular complexity index is 1140. The van der Waals surface area contributed by atoms with Crippen LogP contribution in [0.5, 0.6) is 0 Å². The second-order valence-electron chi connectivity index (χ2n) is 6.44. The van der Waals surface area contributed by atoms with Crippen LogP contribution in [-0.2, 0) is 13.2 Å². The number of alkyl halides is 1. The van der Waals surface area contributed by atoms with Crippen LogP contribution in [-0.4, -0.2) is 15.7 Å². The maximum atomic E-state index is 12.7. The number of rotatable bonds is 5. The average Bonchev–Trinajstić information content (AvgIpc) is 3.06. The van der Waals surface area contributed by atoms with E-state index in [0.717, 1.165) is 16.5 Å². The van der Waals surface area contributed by atoms with Crippen LogP contribution >= 0.6 is 11.6 Å². The molecule has 4 nitrogen and oxygen atoms in total. The van der Waals surface area contributed by atoms with Crippen molar-refractivity contribution in [1.82, 2.24) is 9.78 Å². The van der Waals surface area contributed by atoms with Crippen molar-refractivity contribution in [2.45, 2.75) is 13.2 Å². The molecule has 0 bridgehead atoms. The van der Waals surface area contributed by atoms with E-state index in [1.54, 1.807) is 36.4 Å². The van der Waals surface area contributed by atoms with Gasteiger partial charge in [0.2, 0.25) is 0 Å². The number of hydrogen-bond acceptors (Lipinski definition) is 2. The van der Waals surface area contributed by atoms with E-state index in [-0.39, 0.29) is 5.91 Å². The van der Waals surface area contributed by atoms with E-state index in [1.807, 2.05) is 41.1 Å². The fourth-order valence-corrected chi connectivity index (χ4v) is 3.25. The van der Waals surface area contributed by atoms with E-state index >= 15 is 0 Å². The lowest BCUT2D eigenvalue weighted by atomic mass is 10.1. The molecule has 0 saturated carbocycles. The summed E-state index contributed by atoms with van der Waals surface area (Å²) in [5.41, 5.74) is 3.01.